The molecule has 0 saturated carbocycles. The zero-order valence-corrected chi connectivity index (χ0v) is 11.3. The van der Waals surface area contributed by atoms with E-state index in [1.807, 2.05) is 19.1 Å². The maximum Gasteiger partial charge on any atom is 0.407 e. The Kier molecular flexibility index (Phi) is 4.78. The van der Waals surface area contributed by atoms with Gasteiger partial charge in [0, 0.05) is 6.42 Å². The number of alkyl carbamates (subject to hydrolysis) is 1. The Morgan fingerprint density at radius 1 is 1.50 bits per heavy atom. The zero-order chi connectivity index (χ0) is 13.8. The molecule has 5 nitrogen and oxygen atoms in total. The fraction of sp³-hybridized carbons (Fsp3) is 0.615. The molecular weight excluding hydrogens is 234 g/mol. The highest BCUT2D eigenvalue weighted by Gasteiger charge is 2.20. The van der Waals surface area contributed by atoms with Crippen LogP contribution in [0.25, 0.3) is 0 Å². The van der Waals surface area contributed by atoms with E-state index in [1.54, 1.807) is 20.8 Å². The molecule has 1 amide bonds. The predicted octanol–water partition coefficient (Wildman–Crippen LogP) is 2.02. The smallest absolute Gasteiger partial charge is 0.407 e. The summed E-state index contributed by atoms with van der Waals surface area (Å²) in [7, 11) is 0. The molecule has 0 aromatic carbocycles. The number of nitrogens with one attached hydrogen (secondary N) is 1. The van der Waals surface area contributed by atoms with Crippen LogP contribution in [0.1, 0.15) is 32.3 Å². The first-order valence-electron chi connectivity index (χ1n) is 5.96. The fourth-order valence-electron chi connectivity index (χ4n) is 1.47. The molecule has 0 spiro atoms. The van der Waals surface area contributed by atoms with Crippen LogP contribution >= 0.6 is 0 Å². The lowest BCUT2D eigenvalue weighted by atomic mass is 10.2. The summed E-state index contributed by atoms with van der Waals surface area (Å²) in [5.74, 6) is 1.53. The van der Waals surface area contributed by atoms with Crippen molar-refractivity contribution >= 4 is 6.09 Å². The quantitative estimate of drug-likeness (QED) is 0.863. The summed E-state index contributed by atoms with van der Waals surface area (Å²) < 4.78 is 10.5. The number of ether oxygens (including phenoxy) is 1. The molecule has 0 radical (unpaired) electrons. The average Bonchev–Trinajstić information content (AvgIpc) is 2.60. The van der Waals surface area contributed by atoms with Crippen molar-refractivity contribution in [1.29, 1.82) is 0 Å². The van der Waals surface area contributed by atoms with Gasteiger partial charge >= 0.3 is 6.09 Å². The zero-order valence-electron chi connectivity index (χ0n) is 11.3. The van der Waals surface area contributed by atoms with Crippen molar-refractivity contribution in [3.63, 3.8) is 0 Å². The Hall–Kier alpha value is -1.49. The van der Waals surface area contributed by atoms with E-state index in [1.165, 1.54) is 0 Å². The van der Waals surface area contributed by atoms with Crippen molar-refractivity contribution in [2.24, 2.45) is 0 Å². The van der Waals surface area contributed by atoms with Gasteiger partial charge in [-0.25, -0.2) is 4.79 Å². The van der Waals surface area contributed by atoms with E-state index in [4.69, 9.17) is 9.15 Å². The monoisotopic (exact) mass is 255 g/mol. The summed E-state index contributed by atoms with van der Waals surface area (Å²) in [5.41, 5.74) is -0.550. The van der Waals surface area contributed by atoms with Gasteiger partial charge < -0.3 is 19.6 Å². The average molecular weight is 255 g/mol. The van der Waals surface area contributed by atoms with Gasteiger partial charge in [-0.2, -0.15) is 0 Å². The molecular formula is C13H21NO4. The third kappa shape index (κ3) is 5.23. The second kappa shape index (κ2) is 5.91. The molecule has 1 atom stereocenters. The first kappa shape index (κ1) is 14.6. The molecule has 0 aliphatic carbocycles. The summed E-state index contributed by atoms with van der Waals surface area (Å²) in [6.07, 6.45) is -0.103. The van der Waals surface area contributed by atoms with Gasteiger partial charge in [-0.15, -0.1) is 0 Å². The summed E-state index contributed by atoms with van der Waals surface area (Å²) >= 11 is 0. The number of rotatable bonds is 4. The van der Waals surface area contributed by atoms with Gasteiger partial charge in [0.1, 0.15) is 17.1 Å². The summed E-state index contributed by atoms with van der Waals surface area (Å²) in [5, 5.41) is 11.8. The van der Waals surface area contributed by atoms with Crippen LogP contribution in [-0.4, -0.2) is 29.4 Å². The number of amides is 1. The number of carbonyl (C=O) groups excluding carboxylic acids is 1. The molecule has 0 bridgehead atoms. The molecule has 1 aromatic rings. The van der Waals surface area contributed by atoms with Crippen LogP contribution < -0.4 is 5.32 Å². The van der Waals surface area contributed by atoms with Crippen LogP contribution in [0.2, 0.25) is 0 Å². The van der Waals surface area contributed by atoms with E-state index in [2.05, 4.69) is 5.32 Å². The number of aryl methyl sites for hydroxylation is 1. The Balaban J connectivity index is 2.49. The molecule has 2 N–H and O–H groups in total. The summed E-state index contributed by atoms with van der Waals surface area (Å²) in [6.45, 7) is 7.04. The van der Waals surface area contributed by atoms with Gasteiger partial charge in [-0.1, -0.05) is 0 Å². The van der Waals surface area contributed by atoms with Gasteiger partial charge in [0.2, 0.25) is 0 Å². The number of hydrogen-bond donors (Lipinski definition) is 2. The normalized spacial score (nSPS) is 13.2. The number of furan rings is 1. The van der Waals surface area contributed by atoms with Crippen LogP contribution in [-0.2, 0) is 11.2 Å². The Labute approximate surface area is 107 Å². The minimum atomic E-state index is -0.550. The van der Waals surface area contributed by atoms with Crippen molar-refractivity contribution < 1.29 is 19.1 Å². The molecule has 1 rings (SSSR count). The Morgan fingerprint density at radius 3 is 2.61 bits per heavy atom. The molecule has 0 fully saturated rings. The standard InChI is InChI=1S/C13H21NO4/c1-9-5-6-11(17-9)7-10(8-15)14-12(16)18-13(2,3)4/h5-6,10,15H,7-8H2,1-4H3,(H,14,16). The van der Waals surface area contributed by atoms with Crippen molar-refractivity contribution in [2.45, 2.75) is 45.8 Å². The third-order valence-electron chi connectivity index (χ3n) is 2.18. The fourth-order valence-corrected chi connectivity index (χ4v) is 1.47. The number of hydrogen-bond acceptors (Lipinski definition) is 4. The van der Waals surface area contributed by atoms with Gasteiger partial charge in [0.05, 0.1) is 12.6 Å². The minimum Gasteiger partial charge on any atom is -0.466 e. The van der Waals surface area contributed by atoms with Crippen molar-refractivity contribution in [1.82, 2.24) is 5.32 Å². The highest BCUT2D eigenvalue weighted by Crippen LogP contribution is 2.10. The van der Waals surface area contributed by atoms with Gasteiger partial charge in [0.25, 0.3) is 0 Å². The van der Waals surface area contributed by atoms with Crippen molar-refractivity contribution in [3.05, 3.63) is 23.7 Å². The summed E-state index contributed by atoms with van der Waals surface area (Å²) in [6, 6.07) is 3.26. The van der Waals surface area contributed by atoms with Crippen LogP contribution in [0.3, 0.4) is 0 Å². The first-order chi connectivity index (χ1) is 8.30. The Bertz CT molecular complexity index is 392. The van der Waals surface area contributed by atoms with Crippen molar-refractivity contribution in [3.8, 4) is 0 Å². The lowest BCUT2D eigenvalue weighted by Gasteiger charge is -2.22. The van der Waals surface area contributed by atoms with E-state index in [-0.39, 0.29) is 6.61 Å². The topological polar surface area (TPSA) is 71.7 Å². The van der Waals surface area contributed by atoms with Gasteiger partial charge in [-0.05, 0) is 39.8 Å². The largest absolute Gasteiger partial charge is 0.466 e. The second-order valence-corrected chi connectivity index (χ2v) is 5.24. The lowest BCUT2D eigenvalue weighted by molar-refractivity contribution is 0.0481. The molecule has 5 heteroatoms. The molecule has 18 heavy (non-hydrogen) atoms. The highest BCUT2D eigenvalue weighted by molar-refractivity contribution is 5.68. The van der Waals surface area contributed by atoms with E-state index >= 15 is 0 Å². The highest BCUT2D eigenvalue weighted by atomic mass is 16.6. The van der Waals surface area contributed by atoms with Crippen LogP contribution in [0.5, 0.6) is 0 Å². The molecule has 0 aliphatic heterocycles. The van der Waals surface area contributed by atoms with E-state index < -0.39 is 17.7 Å². The van der Waals surface area contributed by atoms with E-state index in [0.29, 0.717) is 6.42 Å². The van der Waals surface area contributed by atoms with Gasteiger partial charge in [0.15, 0.2) is 0 Å². The van der Waals surface area contributed by atoms with E-state index in [0.717, 1.165) is 11.5 Å². The first-order valence-corrected chi connectivity index (χ1v) is 5.96. The molecule has 102 valence electrons. The molecule has 1 heterocycles. The lowest BCUT2D eigenvalue weighted by Crippen LogP contribution is -2.42. The van der Waals surface area contributed by atoms with Crippen LogP contribution in [0, 0.1) is 6.92 Å². The Morgan fingerprint density at radius 2 is 2.17 bits per heavy atom. The van der Waals surface area contributed by atoms with Gasteiger partial charge in [-0.3, -0.25) is 0 Å². The molecule has 0 saturated heterocycles. The predicted molar refractivity (Wildman–Crippen MR) is 67.4 cm³/mol. The second-order valence-electron chi connectivity index (χ2n) is 5.24. The van der Waals surface area contributed by atoms with E-state index in [9.17, 15) is 9.90 Å². The minimum absolute atomic E-state index is 0.168. The van der Waals surface area contributed by atoms with Crippen LogP contribution in [0.4, 0.5) is 4.79 Å². The molecule has 0 aliphatic rings. The maximum atomic E-state index is 11.5. The van der Waals surface area contributed by atoms with Crippen molar-refractivity contribution in [2.75, 3.05) is 6.61 Å². The third-order valence-corrected chi connectivity index (χ3v) is 2.18. The number of aliphatic hydroxyl groups excluding tert-OH is 1. The van der Waals surface area contributed by atoms with Crippen LogP contribution in [0.15, 0.2) is 16.5 Å². The number of aliphatic hydroxyl groups is 1. The molecule has 1 aromatic heterocycles. The molecule has 1 unspecified atom stereocenters. The number of carbonyl (C=O) groups is 1. The maximum absolute atomic E-state index is 11.5. The SMILES string of the molecule is Cc1ccc(CC(CO)NC(=O)OC(C)(C)C)o1. The summed E-state index contributed by atoms with van der Waals surface area (Å²) in [4.78, 5) is 11.5.